The lowest BCUT2D eigenvalue weighted by Crippen LogP contribution is -2.38. The Morgan fingerprint density at radius 3 is 2.80 bits per heavy atom. The SMILES string of the molecule is FC(F)Cn1ccc2c(OC3CCN(c4cnsn4)CC3)cccc21. The van der Waals surface area contributed by atoms with Crippen LogP contribution in [0.1, 0.15) is 12.8 Å². The van der Waals surface area contributed by atoms with Crippen LogP contribution < -0.4 is 9.64 Å². The first kappa shape index (κ1) is 16.3. The van der Waals surface area contributed by atoms with Crippen molar-refractivity contribution in [3.05, 3.63) is 36.7 Å². The minimum Gasteiger partial charge on any atom is -0.490 e. The maximum atomic E-state index is 12.7. The number of nitrogens with zero attached hydrogens (tertiary/aromatic N) is 4. The van der Waals surface area contributed by atoms with Crippen LogP contribution in [0.2, 0.25) is 0 Å². The van der Waals surface area contributed by atoms with Crippen molar-refractivity contribution in [2.45, 2.75) is 31.9 Å². The molecule has 8 heteroatoms. The number of rotatable bonds is 5. The summed E-state index contributed by atoms with van der Waals surface area (Å²) in [7, 11) is 0. The van der Waals surface area contributed by atoms with Crippen LogP contribution in [-0.2, 0) is 6.54 Å². The number of hydrogen-bond donors (Lipinski definition) is 0. The first-order valence-corrected chi connectivity index (χ1v) is 8.99. The molecule has 1 aromatic carbocycles. The molecule has 3 aromatic rings. The van der Waals surface area contributed by atoms with Gasteiger partial charge < -0.3 is 14.2 Å². The highest BCUT2D eigenvalue weighted by molar-refractivity contribution is 6.99. The number of ether oxygens (including phenoxy) is 1. The number of anilines is 1. The minimum atomic E-state index is -2.37. The van der Waals surface area contributed by atoms with Crippen molar-refractivity contribution in [1.82, 2.24) is 13.3 Å². The molecule has 0 aliphatic carbocycles. The molecule has 5 nitrogen and oxygen atoms in total. The third-order valence-corrected chi connectivity index (χ3v) is 4.99. The van der Waals surface area contributed by atoms with Crippen molar-refractivity contribution in [3.8, 4) is 5.75 Å². The summed E-state index contributed by atoms with van der Waals surface area (Å²) < 4.78 is 41.5. The summed E-state index contributed by atoms with van der Waals surface area (Å²) in [6, 6.07) is 7.47. The predicted octanol–water partition coefficient (Wildman–Crippen LogP) is 3.81. The molecule has 25 heavy (non-hydrogen) atoms. The Hall–Kier alpha value is -2.22. The van der Waals surface area contributed by atoms with Crippen LogP contribution in [0, 0.1) is 0 Å². The van der Waals surface area contributed by atoms with Gasteiger partial charge in [-0.05, 0) is 18.2 Å². The molecule has 0 bridgehead atoms. The summed E-state index contributed by atoms with van der Waals surface area (Å²) in [4.78, 5) is 2.21. The van der Waals surface area contributed by atoms with Gasteiger partial charge in [0.05, 0.1) is 30.0 Å². The molecule has 2 aromatic heterocycles. The predicted molar refractivity (Wildman–Crippen MR) is 93.7 cm³/mol. The molecule has 1 aliphatic heterocycles. The van der Waals surface area contributed by atoms with E-state index in [2.05, 4.69) is 13.6 Å². The van der Waals surface area contributed by atoms with Crippen molar-refractivity contribution in [2.24, 2.45) is 0 Å². The number of piperidine rings is 1. The van der Waals surface area contributed by atoms with E-state index in [1.807, 2.05) is 24.3 Å². The van der Waals surface area contributed by atoms with E-state index in [0.717, 1.165) is 48.4 Å². The van der Waals surface area contributed by atoms with Crippen molar-refractivity contribution in [3.63, 3.8) is 0 Å². The van der Waals surface area contributed by atoms with E-state index >= 15 is 0 Å². The number of hydrogen-bond acceptors (Lipinski definition) is 5. The molecule has 0 atom stereocenters. The molecule has 0 N–H and O–H groups in total. The standard InChI is InChI=1S/C17H18F2N4OS/c18-16(19)11-23-9-6-13-14(23)2-1-3-15(13)24-12-4-7-22(8-5-12)17-10-20-25-21-17/h1-3,6,9-10,12,16H,4-5,7-8,11H2. The molecule has 0 spiro atoms. The van der Waals surface area contributed by atoms with Crippen LogP contribution in [0.25, 0.3) is 10.9 Å². The third-order valence-electron chi connectivity index (χ3n) is 4.52. The summed E-state index contributed by atoms with van der Waals surface area (Å²) >= 11 is 1.22. The zero-order valence-corrected chi connectivity index (χ0v) is 14.3. The first-order valence-electron chi connectivity index (χ1n) is 8.26. The second-order valence-corrected chi connectivity index (χ2v) is 6.67. The molecular weight excluding hydrogens is 346 g/mol. The summed E-state index contributed by atoms with van der Waals surface area (Å²) in [6.07, 6.45) is 3.02. The second-order valence-electron chi connectivity index (χ2n) is 6.12. The molecular formula is C17H18F2N4OS. The van der Waals surface area contributed by atoms with Crippen LogP contribution >= 0.6 is 11.7 Å². The Balaban J connectivity index is 1.45. The smallest absolute Gasteiger partial charge is 0.256 e. The number of halogens is 2. The van der Waals surface area contributed by atoms with E-state index in [-0.39, 0.29) is 12.6 Å². The number of fused-ring (bicyclic) bond motifs is 1. The molecule has 132 valence electrons. The highest BCUT2D eigenvalue weighted by atomic mass is 32.1. The van der Waals surface area contributed by atoms with E-state index < -0.39 is 6.43 Å². The molecule has 4 rings (SSSR count). The molecule has 1 aliphatic rings. The lowest BCUT2D eigenvalue weighted by atomic mass is 10.1. The second kappa shape index (κ2) is 6.95. The van der Waals surface area contributed by atoms with Gasteiger partial charge in [-0.2, -0.15) is 8.75 Å². The van der Waals surface area contributed by atoms with Gasteiger partial charge in [-0.1, -0.05) is 6.07 Å². The van der Waals surface area contributed by atoms with Crippen LogP contribution in [0.3, 0.4) is 0 Å². The van der Waals surface area contributed by atoms with E-state index in [4.69, 9.17) is 4.74 Å². The summed E-state index contributed by atoms with van der Waals surface area (Å²) in [5.41, 5.74) is 0.781. The van der Waals surface area contributed by atoms with Gasteiger partial charge in [-0.25, -0.2) is 8.78 Å². The maximum absolute atomic E-state index is 12.7. The molecule has 0 saturated carbocycles. The van der Waals surface area contributed by atoms with Gasteiger partial charge in [-0.15, -0.1) is 0 Å². The number of aromatic nitrogens is 3. The Morgan fingerprint density at radius 1 is 1.24 bits per heavy atom. The van der Waals surface area contributed by atoms with Crippen molar-refractivity contribution in [1.29, 1.82) is 0 Å². The van der Waals surface area contributed by atoms with Gasteiger partial charge in [0.1, 0.15) is 11.9 Å². The average molecular weight is 364 g/mol. The first-order chi connectivity index (χ1) is 12.2. The summed E-state index contributed by atoms with van der Waals surface area (Å²) in [5, 5.41) is 0.884. The van der Waals surface area contributed by atoms with Gasteiger partial charge in [0.25, 0.3) is 6.43 Å². The topological polar surface area (TPSA) is 43.2 Å². The number of alkyl halides is 2. The van der Waals surface area contributed by atoms with Crippen LogP contribution in [-0.4, -0.2) is 38.9 Å². The fourth-order valence-electron chi connectivity index (χ4n) is 3.29. The van der Waals surface area contributed by atoms with Gasteiger partial charge in [0.2, 0.25) is 0 Å². The van der Waals surface area contributed by atoms with Crippen LogP contribution in [0.5, 0.6) is 5.75 Å². The van der Waals surface area contributed by atoms with Gasteiger partial charge in [-0.3, -0.25) is 0 Å². The molecule has 0 unspecified atom stereocenters. The highest BCUT2D eigenvalue weighted by Gasteiger charge is 2.23. The minimum absolute atomic E-state index is 0.117. The van der Waals surface area contributed by atoms with Crippen LogP contribution in [0.4, 0.5) is 14.6 Å². The normalized spacial score (nSPS) is 16.0. The third kappa shape index (κ3) is 3.44. The van der Waals surface area contributed by atoms with Gasteiger partial charge in [0, 0.05) is 37.5 Å². The molecule has 3 heterocycles. The zero-order valence-electron chi connectivity index (χ0n) is 13.5. The van der Waals surface area contributed by atoms with E-state index in [0.29, 0.717) is 0 Å². The number of benzene rings is 1. The highest BCUT2D eigenvalue weighted by Crippen LogP contribution is 2.30. The fourth-order valence-corrected chi connectivity index (χ4v) is 3.72. The zero-order chi connectivity index (χ0) is 17.2. The summed E-state index contributed by atoms with van der Waals surface area (Å²) in [5.74, 6) is 1.69. The molecule has 0 amide bonds. The summed E-state index contributed by atoms with van der Waals surface area (Å²) in [6.45, 7) is 1.45. The van der Waals surface area contributed by atoms with Crippen molar-refractivity contribution >= 4 is 28.4 Å². The Labute approximate surface area is 148 Å². The Morgan fingerprint density at radius 2 is 2.08 bits per heavy atom. The largest absolute Gasteiger partial charge is 0.490 e. The van der Waals surface area contributed by atoms with Gasteiger partial charge in [0.15, 0.2) is 5.82 Å². The molecule has 1 saturated heterocycles. The monoisotopic (exact) mass is 364 g/mol. The fraction of sp³-hybridized carbons (Fsp3) is 0.412. The lowest BCUT2D eigenvalue weighted by Gasteiger charge is -2.32. The van der Waals surface area contributed by atoms with E-state index in [1.54, 1.807) is 17.0 Å². The maximum Gasteiger partial charge on any atom is 0.256 e. The van der Waals surface area contributed by atoms with Crippen LogP contribution in [0.15, 0.2) is 36.7 Å². The van der Waals surface area contributed by atoms with Crippen molar-refractivity contribution < 1.29 is 13.5 Å². The molecule has 0 radical (unpaired) electrons. The van der Waals surface area contributed by atoms with E-state index in [1.165, 1.54) is 11.7 Å². The lowest BCUT2D eigenvalue weighted by molar-refractivity contribution is 0.128. The van der Waals surface area contributed by atoms with Crippen molar-refractivity contribution in [2.75, 3.05) is 18.0 Å². The Kier molecular flexibility index (Phi) is 4.52. The van der Waals surface area contributed by atoms with E-state index in [9.17, 15) is 8.78 Å². The average Bonchev–Trinajstić information content (AvgIpc) is 3.26. The Bertz CT molecular complexity index is 828. The molecule has 1 fully saturated rings. The quantitative estimate of drug-likeness (QED) is 0.691. The van der Waals surface area contributed by atoms with Gasteiger partial charge >= 0.3 is 0 Å².